The van der Waals surface area contributed by atoms with Gasteiger partial charge in [0.25, 0.3) is 5.91 Å². The Kier molecular flexibility index (Phi) is 9.01. The van der Waals surface area contributed by atoms with Crippen molar-refractivity contribution in [3.8, 4) is 11.1 Å². The van der Waals surface area contributed by atoms with E-state index in [4.69, 9.17) is 9.47 Å². The van der Waals surface area contributed by atoms with Crippen LogP contribution in [-0.2, 0) is 25.5 Å². The Labute approximate surface area is 271 Å². The van der Waals surface area contributed by atoms with Crippen molar-refractivity contribution >= 4 is 40.5 Å². The van der Waals surface area contributed by atoms with E-state index in [9.17, 15) is 19.2 Å². The molecule has 10 heteroatoms. The highest BCUT2D eigenvalue weighted by Crippen LogP contribution is 2.44. The molecule has 238 valence electrons. The number of alkyl carbamates (subject to hydrolysis) is 1. The Bertz CT molecular complexity index is 1920. The number of carbonyl (C=O) groups excluding carboxylic acids is 4. The van der Waals surface area contributed by atoms with Gasteiger partial charge in [-0.3, -0.25) is 9.59 Å². The molecule has 0 radical (unpaired) electrons. The van der Waals surface area contributed by atoms with Crippen molar-refractivity contribution in [1.29, 1.82) is 0 Å². The Morgan fingerprint density at radius 1 is 0.809 bits per heavy atom. The van der Waals surface area contributed by atoms with Gasteiger partial charge >= 0.3 is 12.1 Å². The number of hydrogen-bond donors (Lipinski definition) is 4. The van der Waals surface area contributed by atoms with E-state index < -0.39 is 36.0 Å². The van der Waals surface area contributed by atoms with Gasteiger partial charge in [0.15, 0.2) is 0 Å². The van der Waals surface area contributed by atoms with Gasteiger partial charge in [-0.2, -0.15) is 0 Å². The summed E-state index contributed by atoms with van der Waals surface area (Å²) in [5, 5.41) is 9.06. The number of aromatic nitrogens is 1. The molecule has 1 heterocycles. The fourth-order valence-corrected chi connectivity index (χ4v) is 6.03. The molecule has 0 aliphatic heterocycles. The molecule has 0 fully saturated rings. The molecule has 0 saturated carbocycles. The van der Waals surface area contributed by atoms with E-state index in [1.165, 1.54) is 20.1 Å². The highest BCUT2D eigenvalue weighted by atomic mass is 16.5. The lowest BCUT2D eigenvalue weighted by molar-refractivity contribution is -0.142. The first-order valence-corrected chi connectivity index (χ1v) is 15.3. The molecule has 0 spiro atoms. The summed E-state index contributed by atoms with van der Waals surface area (Å²) in [5.74, 6) is -1.88. The SMILES string of the molecule is COC(=O)[C@@H](C)NC(=O)c1ccccc1NC(=O)[C@H](Cc1c[nH]c2ccccc12)NC(=O)OCC1c2ccccc2-c2ccccc21. The first-order chi connectivity index (χ1) is 22.8. The van der Waals surface area contributed by atoms with Gasteiger partial charge in [0.05, 0.1) is 18.4 Å². The highest BCUT2D eigenvalue weighted by Gasteiger charge is 2.30. The minimum Gasteiger partial charge on any atom is -0.467 e. The molecule has 0 bridgehead atoms. The molecule has 10 nitrogen and oxygen atoms in total. The molecule has 2 atom stereocenters. The maximum Gasteiger partial charge on any atom is 0.407 e. The molecule has 6 rings (SSSR count). The fourth-order valence-electron chi connectivity index (χ4n) is 6.03. The summed E-state index contributed by atoms with van der Waals surface area (Å²) in [4.78, 5) is 55.3. The van der Waals surface area contributed by atoms with E-state index in [1.807, 2.05) is 60.7 Å². The zero-order valence-corrected chi connectivity index (χ0v) is 25.9. The molecular formula is C37H34N4O6. The van der Waals surface area contributed by atoms with Crippen molar-refractivity contribution < 1.29 is 28.7 Å². The Balaban J connectivity index is 1.21. The van der Waals surface area contributed by atoms with Crippen LogP contribution in [0.25, 0.3) is 22.0 Å². The number of ether oxygens (including phenoxy) is 2. The number of fused-ring (bicyclic) bond motifs is 4. The first-order valence-electron chi connectivity index (χ1n) is 15.3. The summed E-state index contributed by atoms with van der Waals surface area (Å²) >= 11 is 0. The summed E-state index contributed by atoms with van der Waals surface area (Å²) in [6.45, 7) is 1.59. The molecule has 1 aliphatic rings. The van der Waals surface area contributed by atoms with Crippen LogP contribution in [0, 0.1) is 0 Å². The number of benzene rings is 4. The maximum absolute atomic E-state index is 13.9. The van der Waals surface area contributed by atoms with Crippen LogP contribution in [0.5, 0.6) is 0 Å². The van der Waals surface area contributed by atoms with E-state index in [0.717, 1.165) is 38.7 Å². The third-order valence-corrected chi connectivity index (χ3v) is 8.38. The van der Waals surface area contributed by atoms with Crippen molar-refractivity contribution in [2.45, 2.75) is 31.3 Å². The number of nitrogens with one attached hydrogen (secondary N) is 4. The first kappa shape index (κ1) is 31.1. The number of amides is 3. The molecule has 5 aromatic rings. The van der Waals surface area contributed by atoms with Gasteiger partial charge in [-0.1, -0.05) is 78.9 Å². The Morgan fingerprint density at radius 2 is 1.45 bits per heavy atom. The lowest BCUT2D eigenvalue weighted by atomic mass is 9.98. The lowest BCUT2D eigenvalue weighted by Gasteiger charge is -2.21. The van der Waals surface area contributed by atoms with Crippen molar-refractivity contribution in [2.24, 2.45) is 0 Å². The second-order valence-corrected chi connectivity index (χ2v) is 11.3. The van der Waals surface area contributed by atoms with E-state index in [-0.39, 0.29) is 30.2 Å². The van der Waals surface area contributed by atoms with Crippen LogP contribution in [0.3, 0.4) is 0 Å². The third kappa shape index (κ3) is 6.57. The van der Waals surface area contributed by atoms with Crippen molar-refractivity contribution in [1.82, 2.24) is 15.6 Å². The van der Waals surface area contributed by atoms with Gasteiger partial charge in [-0.25, -0.2) is 9.59 Å². The molecule has 4 aromatic carbocycles. The number of anilines is 1. The van der Waals surface area contributed by atoms with Gasteiger partial charge in [-0.15, -0.1) is 0 Å². The standard InChI is InChI=1S/C37H34N4O6/c1-22(36(44)46-2)39-34(42)29-16-8-10-18-32(29)40-35(43)33(19-23-20-38-31-17-9-7-11-24(23)31)41-37(45)47-21-30-27-14-5-3-12-25(27)26-13-4-6-15-28(26)30/h3-18,20,22,30,33,38H,19,21H2,1-2H3,(H,39,42)(H,40,43)(H,41,45)/t22-,33+/m1/s1. The number of esters is 1. The van der Waals surface area contributed by atoms with Crippen LogP contribution >= 0.6 is 0 Å². The average Bonchev–Trinajstić information content (AvgIpc) is 3.65. The van der Waals surface area contributed by atoms with Crippen molar-refractivity contribution in [3.63, 3.8) is 0 Å². The Morgan fingerprint density at radius 3 is 2.17 bits per heavy atom. The van der Waals surface area contributed by atoms with Crippen LogP contribution in [0.2, 0.25) is 0 Å². The quantitative estimate of drug-likeness (QED) is 0.149. The summed E-state index contributed by atoms with van der Waals surface area (Å²) in [7, 11) is 1.23. The molecule has 1 aliphatic carbocycles. The highest BCUT2D eigenvalue weighted by molar-refractivity contribution is 6.06. The second kappa shape index (κ2) is 13.6. The molecule has 0 saturated heterocycles. The summed E-state index contributed by atoms with van der Waals surface area (Å²) < 4.78 is 10.5. The monoisotopic (exact) mass is 630 g/mol. The number of H-pyrrole nitrogens is 1. The number of methoxy groups -OCH3 is 1. The van der Waals surface area contributed by atoms with Gasteiger partial charge in [0.1, 0.15) is 18.7 Å². The van der Waals surface area contributed by atoms with Gasteiger partial charge in [0, 0.05) is 29.4 Å². The van der Waals surface area contributed by atoms with Crippen LogP contribution in [0.15, 0.2) is 103 Å². The predicted molar refractivity (Wildman–Crippen MR) is 178 cm³/mol. The number of rotatable bonds is 10. The number of hydrogen-bond acceptors (Lipinski definition) is 6. The van der Waals surface area contributed by atoms with Gasteiger partial charge in [0.2, 0.25) is 5.91 Å². The van der Waals surface area contributed by atoms with Crippen molar-refractivity contribution in [3.05, 3.63) is 126 Å². The summed E-state index contributed by atoms with van der Waals surface area (Å²) in [6.07, 6.45) is 1.21. The molecule has 4 N–H and O–H groups in total. The van der Waals surface area contributed by atoms with Crippen LogP contribution in [0.1, 0.15) is 39.9 Å². The topological polar surface area (TPSA) is 139 Å². The number of para-hydroxylation sites is 2. The largest absolute Gasteiger partial charge is 0.467 e. The normalized spacial score (nSPS) is 13.1. The molecule has 3 amide bonds. The van der Waals surface area contributed by atoms with E-state index in [1.54, 1.807) is 24.4 Å². The third-order valence-electron chi connectivity index (χ3n) is 8.38. The number of aromatic amines is 1. The van der Waals surface area contributed by atoms with Crippen LogP contribution in [-0.4, -0.2) is 54.7 Å². The van der Waals surface area contributed by atoms with Crippen LogP contribution < -0.4 is 16.0 Å². The van der Waals surface area contributed by atoms with Crippen LogP contribution in [0.4, 0.5) is 10.5 Å². The summed E-state index contributed by atoms with van der Waals surface area (Å²) in [5.41, 5.74) is 6.43. The van der Waals surface area contributed by atoms with E-state index >= 15 is 0 Å². The lowest BCUT2D eigenvalue weighted by Crippen LogP contribution is -2.46. The molecule has 1 aromatic heterocycles. The minimum absolute atomic E-state index is 0.0860. The van der Waals surface area contributed by atoms with Gasteiger partial charge in [-0.05, 0) is 52.9 Å². The Hall–Kier alpha value is -5.90. The molecular weight excluding hydrogens is 596 g/mol. The maximum atomic E-state index is 13.9. The summed E-state index contributed by atoms with van der Waals surface area (Å²) in [6, 6.07) is 28.2. The zero-order valence-electron chi connectivity index (χ0n) is 25.9. The number of carbonyl (C=O) groups is 4. The minimum atomic E-state index is -1.06. The molecule has 47 heavy (non-hydrogen) atoms. The van der Waals surface area contributed by atoms with Gasteiger partial charge < -0.3 is 30.4 Å². The predicted octanol–water partition coefficient (Wildman–Crippen LogP) is 5.55. The van der Waals surface area contributed by atoms with E-state index in [2.05, 4.69) is 33.1 Å². The zero-order chi connectivity index (χ0) is 32.9. The second-order valence-electron chi connectivity index (χ2n) is 11.3. The smallest absolute Gasteiger partial charge is 0.407 e. The molecule has 0 unspecified atom stereocenters. The van der Waals surface area contributed by atoms with E-state index in [0.29, 0.717) is 0 Å². The fraction of sp³-hybridized carbons (Fsp3) is 0.189. The average molecular weight is 631 g/mol. The van der Waals surface area contributed by atoms with Crippen molar-refractivity contribution in [2.75, 3.05) is 19.0 Å².